The Balaban J connectivity index is 1.39. The van der Waals surface area contributed by atoms with Crippen molar-refractivity contribution < 1.29 is 9.53 Å². The Hall–Kier alpha value is -2.34. The molecular weight excluding hydrogens is 449 g/mol. The summed E-state index contributed by atoms with van der Waals surface area (Å²) in [4.78, 5) is 11.9. The lowest BCUT2D eigenvalue weighted by molar-refractivity contribution is -0.123. The number of hydrogen-bond donors (Lipinski definition) is 1. The fraction of sp³-hybridized carbons (Fsp3) is 0.174. The summed E-state index contributed by atoms with van der Waals surface area (Å²) >= 11 is 2.29. The first-order valence-corrected chi connectivity index (χ1v) is 10.1. The van der Waals surface area contributed by atoms with Gasteiger partial charge in [0.2, 0.25) is 0 Å². The second-order valence-electron chi connectivity index (χ2n) is 6.26. The molecule has 0 saturated carbocycles. The van der Waals surface area contributed by atoms with Crippen LogP contribution >= 0.6 is 22.6 Å². The lowest BCUT2D eigenvalue weighted by atomic mass is 10.1. The van der Waals surface area contributed by atoms with Crippen LogP contribution in [-0.4, -0.2) is 19.1 Å². The molecule has 138 valence electrons. The maximum atomic E-state index is 11.9. The molecule has 4 heteroatoms. The first kappa shape index (κ1) is 19.4. The molecule has 0 aliphatic heterocycles. The predicted octanol–water partition coefficient (Wildman–Crippen LogP) is 5.09. The molecule has 0 unspecified atom stereocenters. The molecule has 0 aromatic heterocycles. The van der Waals surface area contributed by atoms with Crippen LogP contribution in [-0.2, 0) is 11.2 Å². The molecular formula is C23H22INO2. The number of carbonyl (C=O) groups is 1. The number of rotatable bonds is 8. The smallest absolute Gasteiger partial charge is 0.257 e. The second-order valence-corrected chi connectivity index (χ2v) is 7.50. The minimum Gasteiger partial charge on any atom is -0.484 e. The Morgan fingerprint density at radius 1 is 0.852 bits per heavy atom. The number of ether oxygens (including phenoxy) is 1. The number of halogens is 1. The molecule has 1 N–H and O–H groups in total. The summed E-state index contributed by atoms with van der Waals surface area (Å²) in [5, 5.41) is 2.90. The first-order valence-electron chi connectivity index (χ1n) is 9.00. The lowest BCUT2D eigenvalue weighted by Gasteiger charge is -2.09. The van der Waals surface area contributed by atoms with Crippen molar-refractivity contribution in [3.8, 4) is 16.9 Å². The molecule has 27 heavy (non-hydrogen) atoms. The van der Waals surface area contributed by atoms with Gasteiger partial charge in [0, 0.05) is 10.1 Å². The maximum Gasteiger partial charge on any atom is 0.257 e. The Labute approximate surface area is 173 Å². The van der Waals surface area contributed by atoms with E-state index in [0.717, 1.165) is 24.0 Å². The van der Waals surface area contributed by atoms with Crippen molar-refractivity contribution in [2.24, 2.45) is 0 Å². The number of amides is 1. The summed E-state index contributed by atoms with van der Waals surface area (Å²) in [7, 11) is 0. The van der Waals surface area contributed by atoms with Crippen molar-refractivity contribution >= 4 is 28.5 Å². The molecule has 0 fully saturated rings. The highest BCUT2D eigenvalue weighted by molar-refractivity contribution is 14.1. The Kier molecular flexibility index (Phi) is 7.27. The minimum absolute atomic E-state index is 0.0359. The summed E-state index contributed by atoms with van der Waals surface area (Å²) in [6, 6.07) is 26.5. The van der Waals surface area contributed by atoms with Gasteiger partial charge in [-0.2, -0.15) is 0 Å². The van der Waals surface area contributed by atoms with Gasteiger partial charge >= 0.3 is 0 Å². The van der Waals surface area contributed by atoms with E-state index in [1.54, 1.807) is 0 Å². The van der Waals surface area contributed by atoms with Gasteiger partial charge in [0.1, 0.15) is 5.75 Å². The van der Waals surface area contributed by atoms with Crippen molar-refractivity contribution in [2.45, 2.75) is 12.8 Å². The van der Waals surface area contributed by atoms with E-state index in [1.807, 2.05) is 42.5 Å². The molecule has 0 radical (unpaired) electrons. The molecule has 0 bridgehead atoms. The zero-order valence-corrected chi connectivity index (χ0v) is 17.2. The van der Waals surface area contributed by atoms with Crippen LogP contribution in [0.25, 0.3) is 11.1 Å². The van der Waals surface area contributed by atoms with E-state index in [-0.39, 0.29) is 12.5 Å². The summed E-state index contributed by atoms with van der Waals surface area (Å²) < 4.78 is 6.79. The number of benzene rings is 3. The van der Waals surface area contributed by atoms with Crippen LogP contribution < -0.4 is 10.1 Å². The molecule has 3 aromatic carbocycles. The molecule has 0 saturated heterocycles. The van der Waals surface area contributed by atoms with Gasteiger partial charge < -0.3 is 10.1 Å². The van der Waals surface area contributed by atoms with Gasteiger partial charge in [-0.1, -0.05) is 54.6 Å². The molecule has 3 aromatic rings. The van der Waals surface area contributed by atoms with Crippen LogP contribution in [0.4, 0.5) is 0 Å². The summed E-state index contributed by atoms with van der Waals surface area (Å²) in [5.41, 5.74) is 3.58. The van der Waals surface area contributed by atoms with Crippen molar-refractivity contribution in [1.82, 2.24) is 5.32 Å². The van der Waals surface area contributed by atoms with E-state index in [2.05, 4.69) is 64.3 Å². The highest BCUT2D eigenvalue weighted by atomic mass is 127. The minimum atomic E-state index is -0.0928. The Morgan fingerprint density at radius 3 is 2.15 bits per heavy atom. The van der Waals surface area contributed by atoms with Crippen LogP contribution in [0.3, 0.4) is 0 Å². The number of carbonyl (C=O) groups excluding carboxylic acids is 1. The fourth-order valence-electron chi connectivity index (χ4n) is 2.75. The Morgan fingerprint density at radius 2 is 1.48 bits per heavy atom. The predicted molar refractivity (Wildman–Crippen MR) is 118 cm³/mol. The van der Waals surface area contributed by atoms with Crippen molar-refractivity contribution in [3.63, 3.8) is 0 Å². The molecule has 0 heterocycles. The van der Waals surface area contributed by atoms with Gasteiger partial charge in [0.15, 0.2) is 6.61 Å². The van der Waals surface area contributed by atoms with Crippen LogP contribution in [0.1, 0.15) is 12.0 Å². The van der Waals surface area contributed by atoms with Crippen LogP contribution in [0.5, 0.6) is 5.75 Å². The number of nitrogens with one attached hydrogen (secondary N) is 1. The quantitative estimate of drug-likeness (QED) is 0.368. The first-order chi connectivity index (χ1) is 13.2. The molecule has 3 nitrogen and oxygen atoms in total. The van der Waals surface area contributed by atoms with E-state index in [1.165, 1.54) is 9.13 Å². The van der Waals surface area contributed by atoms with E-state index in [4.69, 9.17) is 4.74 Å². The average molecular weight is 471 g/mol. The number of aryl methyl sites for hydroxylation is 1. The van der Waals surface area contributed by atoms with Gasteiger partial charge in [-0.25, -0.2) is 0 Å². The third kappa shape index (κ3) is 6.40. The summed E-state index contributed by atoms with van der Waals surface area (Å²) in [6.45, 7) is 0.692. The summed E-state index contributed by atoms with van der Waals surface area (Å²) in [6.07, 6.45) is 1.88. The van der Waals surface area contributed by atoms with E-state index in [0.29, 0.717) is 12.3 Å². The van der Waals surface area contributed by atoms with Gasteiger partial charge in [-0.15, -0.1) is 0 Å². The van der Waals surface area contributed by atoms with Gasteiger partial charge in [-0.3, -0.25) is 4.79 Å². The molecule has 0 aliphatic rings. The molecule has 3 rings (SSSR count). The monoisotopic (exact) mass is 471 g/mol. The topological polar surface area (TPSA) is 38.3 Å². The average Bonchev–Trinajstić information content (AvgIpc) is 2.71. The standard InChI is InChI=1S/C23H22INO2/c24-21-12-8-19(9-13-21)20-10-14-22(15-11-20)27-17-23(26)25-16-4-7-18-5-2-1-3-6-18/h1-3,5-6,8-15H,4,7,16-17H2,(H,25,26). The summed E-state index contributed by atoms with van der Waals surface area (Å²) in [5.74, 6) is 0.605. The highest BCUT2D eigenvalue weighted by Crippen LogP contribution is 2.23. The van der Waals surface area contributed by atoms with E-state index >= 15 is 0 Å². The molecule has 1 amide bonds. The van der Waals surface area contributed by atoms with Crippen molar-refractivity contribution in [2.75, 3.05) is 13.2 Å². The normalized spacial score (nSPS) is 10.4. The fourth-order valence-corrected chi connectivity index (χ4v) is 3.11. The zero-order chi connectivity index (χ0) is 18.9. The zero-order valence-electron chi connectivity index (χ0n) is 15.0. The number of hydrogen-bond acceptors (Lipinski definition) is 2. The van der Waals surface area contributed by atoms with Crippen molar-refractivity contribution in [3.05, 3.63) is 88.0 Å². The van der Waals surface area contributed by atoms with E-state index in [9.17, 15) is 4.79 Å². The highest BCUT2D eigenvalue weighted by Gasteiger charge is 2.03. The lowest BCUT2D eigenvalue weighted by Crippen LogP contribution is -2.29. The molecule has 0 spiro atoms. The van der Waals surface area contributed by atoms with Crippen LogP contribution in [0.2, 0.25) is 0 Å². The second kappa shape index (κ2) is 10.1. The molecule has 0 aliphatic carbocycles. The molecule has 0 atom stereocenters. The van der Waals surface area contributed by atoms with Gasteiger partial charge in [0.05, 0.1) is 0 Å². The van der Waals surface area contributed by atoms with Gasteiger partial charge in [-0.05, 0) is 76.4 Å². The van der Waals surface area contributed by atoms with Crippen LogP contribution in [0.15, 0.2) is 78.9 Å². The van der Waals surface area contributed by atoms with Crippen molar-refractivity contribution in [1.29, 1.82) is 0 Å². The van der Waals surface area contributed by atoms with Crippen LogP contribution in [0, 0.1) is 3.57 Å². The van der Waals surface area contributed by atoms with E-state index < -0.39 is 0 Å². The Bertz CT molecular complexity index is 846. The largest absolute Gasteiger partial charge is 0.484 e. The van der Waals surface area contributed by atoms with Gasteiger partial charge in [0.25, 0.3) is 5.91 Å². The SMILES string of the molecule is O=C(COc1ccc(-c2ccc(I)cc2)cc1)NCCCc1ccccc1. The third-order valence-corrected chi connectivity index (χ3v) is 4.93. The third-order valence-electron chi connectivity index (χ3n) is 4.21. The maximum absolute atomic E-state index is 11.9.